The van der Waals surface area contributed by atoms with E-state index in [1.54, 1.807) is 6.33 Å². The number of carbonyl (C=O) groups excluding carboxylic acids is 1. The molecule has 1 aliphatic carbocycles. The summed E-state index contributed by atoms with van der Waals surface area (Å²) >= 11 is 0. The molecule has 6 nitrogen and oxygen atoms in total. The smallest absolute Gasteiger partial charge is 0.224 e. The predicted molar refractivity (Wildman–Crippen MR) is 122 cm³/mol. The van der Waals surface area contributed by atoms with Gasteiger partial charge in [-0.15, -0.1) is 0 Å². The molecule has 1 saturated carbocycles. The highest BCUT2D eigenvalue weighted by Gasteiger charge is 2.27. The van der Waals surface area contributed by atoms with E-state index >= 15 is 0 Å². The third-order valence-corrected chi connectivity index (χ3v) is 6.57. The largest absolute Gasteiger partial charge is 0.439 e. The third kappa shape index (κ3) is 5.96. The van der Waals surface area contributed by atoms with Crippen molar-refractivity contribution in [2.45, 2.75) is 70.8 Å². The van der Waals surface area contributed by atoms with Gasteiger partial charge in [-0.25, -0.2) is 9.97 Å². The van der Waals surface area contributed by atoms with Crippen LogP contribution in [0.3, 0.4) is 0 Å². The van der Waals surface area contributed by atoms with Crippen LogP contribution < -0.4 is 15.0 Å². The first-order valence-corrected chi connectivity index (χ1v) is 11.9. The number of rotatable bonds is 6. The number of nitrogens with one attached hydrogen (secondary N) is 1. The van der Waals surface area contributed by atoms with Gasteiger partial charge in [-0.2, -0.15) is 0 Å². The van der Waals surface area contributed by atoms with Gasteiger partial charge < -0.3 is 15.0 Å². The summed E-state index contributed by atoms with van der Waals surface area (Å²) in [5.41, 5.74) is 1.28. The zero-order chi connectivity index (χ0) is 21.5. The summed E-state index contributed by atoms with van der Waals surface area (Å²) in [6, 6.07) is 10.4. The summed E-state index contributed by atoms with van der Waals surface area (Å²) < 4.78 is 5.92. The van der Waals surface area contributed by atoms with Crippen molar-refractivity contribution in [3.8, 4) is 11.6 Å². The Morgan fingerprint density at radius 3 is 2.42 bits per heavy atom. The molecule has 6 heteroatoms. The van der Waals surface area contributed by atoms with Crippen LogP contribution in [0.2, 0.25) is 0 Å². The Kier molecular flexibility index (Phi) is 7.39. The molecule has 1 amide bonds. The number of benzene rings is 1. The summed E-state index contributed by atoms with van der Waals surface area (Å²) in [6.45, 7) is 3.78. The average molecular weight is 423 g/mol. The van der Waals surface area contributed by atoms with Gasteiger partial charge >= 0.3 is 0 Å². The molecule has 2 aromatic rings. The summed E-state index contributed by atoms with van der Waals surface area (Å²) in [6.07, 6.45) is 11.6. The monoisotopic (exact) mass is 422 g/mol. The van der Waals surface area contributed by atoms with E-state index in [-0.39, 0.29) is 11.8 Å². The molecule has 0 unspecified atom stereocenters. The Labute approximate surface area is 185 Å². The maximum Gasteiger partial charge on any atom is 0.224 e. The van der Waals surface area contributed by atoms with Crippen molar-refractivity contribution in [2.24, 2.45) is 5.92 Å². The number of anilines is 1. The zero-order valence-electron chi connectivity index (χ0n) is 18.6. The fourth-order valence-corrected chi connectivity index (χ4v) is 4.59. The minimum absolute atomic E-state index is 0.106. The van der Waals surface area contributed by atoms with Crippen molar-refractivity contribution in [3.05, 3.63) is 42.2 Å². The SMILES string of the molecule is CCc1ccc(Oc2cc(N3CCC(C(=O)NC4CCCCCC4)CC3)ncn2)cc1. The Morgan fingerprint density at radius 1 is 1.03 bits per heavy atom. The maximum atomic E-state index is 12.7. The first kappa shape index (κ1) is 21.6. The van der Waals surface area contributed by atoms with E-state index in [2.05, 4.69) is 39.2 Å². The van der Waals surface area contributed by atoms with Crippen LogP contribution in [0, 0.1) is 5.92 Å². The van der Waals surface area contributed by atoms with Gasteiger partial charge in [0.05, 0.1) is 0 Å². The Bertz CT molecular complexity index is 839. The topological polar surface area (TPSA) is 67.3 Å². The standard InChI is InChI=1S/C25H34N4O2/c1-2-19-9-11-22(12-10-19)31-24-17-23(26-18-27-24)29-15-13-20(14-16-29)25(30)28-21-7-5-3-4-6-8-21/h9-12,17-18,20-21H,2-8,13-16H2,1H3,(H,28,30). The first-order valence-electron chi connectivity index (χ1n) is 11.9. The molecule has 1 saturated heterocycles. The summed E-state index contributed by atoms with van der Waals surface area (Å²) in [5, 5.41) is 3.32. The van der Waals surface area contributed by atoms with Crippen LogP contribution in [-0.2, 0) is 11.2 Å². The van der Waals surface area contributed by atoms with Gasteiger partial charge in [-0.3, -0.25) is 4.79 Å². The van der Waals surface area contributed by atoms with E-state index in [0.717, 1.165) is 56.8 Å². The molecular formula is C25H34N4O2. The number of nitrogens with zero attached hydrogens (tertiary/aromatic N) is 3. The highest BCUT2D eigenvalue weighted by molar-refractivity contribution is 5.79. The van der Waals surface area contributed by atoms with E-state index in [1.807, 2.05) is 18.2 Å². The fraction of sp³-hybridized carbons (Fsp3) is 0.560. The van der Waals surface area contributed by atoms with Gasteiger partial charge in [0.25, 0.3) is 0 Å². The molecule has 0 radical (unpaired) electrons. The Balaban J connectivity index is 1.30. The lowest BCUT2D eigenvalue weighted by atomic mass is 9.95. The highest BCUT2D eigenvalue weighted by Crippen LogP contribution is 2.27. The molecule has 2 heterocycles. The molecular weight excluding hydrogens is 388 g/mol. The van der Waals surface area contributed by atoms with Crippen LogP contribution in [0.25, 0.3) is 0 Å². The third-order valence-electron chi connectivity index (χ3n) is 6.57. The second-order valence-electron chi connectivity index (χ2n) is 8.77. The van der Waals surface area contributed by atoms with Gasteiger partial charge in [0, 0.05) is 31.1 Å². The second kappa shape index (κ2) is 10.6. The number of hydrogen-bond donors (Lipinski definition) is 1. The maximum absolute atomic E-state index is 12.7. The molecule has 1 aromatic carbocycles. The lowest BCUT2D eigenvalue weighted by Gasteiger charge is -2.32. The molecule has 2 aliphatic rings. The van der Waals surface area contributed by atoms with Crippen LogP contribution in [0.15, 0.2) is 36.7 Å². The van der Waals surface area contributed by atoms with Crippen molar-refractivity contribution < 1.29 is 9.53 Å². The van der Waals surface area contributed by atoms with E-state index in [9.17, 15) is 4.79 Å². The van der Waals surface area contributed by atoms with Crippen molar-refractivity contribution >= 4 is 11.7 Å². The molecule has 2 fully saturated rings. The fourth-order valence-electron chi connectivity index (χ4n) is 4.59. The minimum Gasteiger partial charge on any atom is -0.439 e. The van der Waals surface area contributed by atoms with E-state index in [0.29, 0.717) is 11.9 Å². The summed E-state index contributed by atoms with van der Waals surface area (Å²) in [4.78, 5) is 23.7. The Hall–Kier alpha value is -2.63. The second-order valence-corrected chi connectivity index (χ2v) is 8.77. The van der Waals surface area contributed by atoms with Crippen molar-refractivity contribution in [2.75, 3.05) is 18.0 Å². The van der Waals surface area contributed by atoms with Crippen molar-refractivity contribution in [1.29, 1.82) is 0 Å². The van der Waals surface area contributed by atoms with Gasteiger partial charge in [0.1, 0.15) is 17.9 Å². The van der Waals surface area contributed by atoms with Crippen LogP contribution in [-0.4, -0.2) is 35.0 Å². The molecule has 0 bridgehead atoms. The van der Waals surface area contributed by atoms with Crippen molar-refractivity contribution in [1.82, 2.24) is 15.3 Å². The van der Waals surface area contributed by atoms with Gasteiger partial charge in [0.15, 0.2) is 0 Å². The van der Waals surface area contributed by atoms with Gasteiger partial charge in [-0.05, 0) is 49.8 Å². The molecule has 31 heavy (non-hydrogen) atoms. The lowest BCUT2D eigenvalue weighted by molar-refractivity contribution is -0.126. The van der Waals surface area contributed by atoms with Crippen LogP contribution in [0.5, 0.6) is 11.6 Å². The average Bonchev–Trinajstić information content (AvgIpc) is 3.08. The first-order chi connectivity index (χ1) is 15.2. The number of piperidine rings is 1. The number of aromatic nitrogens is 2. The van der Waals surface area contributed by atoms with E-state index in [4.69, 9.17) is 4.74 Å². The predicted octanol–water partition coefficient (Wildman–Crippen LogP) is 4.89. The lowest BCUT2D eigenvalue weighted by Crippen LogP contribution is -2.44. The van der Waals surface area contributed by atoms with Crippen LogP contribution >= 0.6 is 0 Å². The zero-order valence-corrected chi connectivity index (χ0v) is 18.6. The summed E-state index contributed by atoms with van der Waals surface area (Å²) in [7, 11) is 0. The summed E-state index contributed by atoms with van der Waals surface area (Å²) in [5.74, 6) is 2.53. The molecule has 0 spiro atoms. The van der Waals surface area contributed by atoms with Gasteiger partial charge in [-0.1, -0.05) is 44.7 Å². The number of aryl methyl sites for hydroxylation is 1. The van der Waals surface area contributed by atoms with E-state index < -0.39 is 0 Å². The normalized spacial score (nSPS) is 18.4. The number of ether oxygens (including phenoxy) is 1. The number of hydrogen-bond acceptors (Lipinski definition) is 5. The number of amides is 1. The Morgan fingerprint density at radius 2 is 1.74 bits per heavy atom. The molecule has 1 N–H and O–H groups in total. The molecule has 1 aliphatic heterocycles. The highest BCUT2D eigenvalue weighted by atomic mass is 16.5. The number of carbonyl (C=O) groups is 1. The molecule has 1 aromatic heterocycles. The minimum atomic E-state index is 0.106. The van der Waals surface area contributed by atoms with Gasteiger partial charge in [0.2, 0.25) is 11.8 Å². The van der Waals surface area contributed by atoms with E-state index in [1.165, 1.54) is 31.2 Å². The van der Waals surface area contributed by atoms with Crippen LogP contribution in [0.4, 0.5) is 5.82 Å². The van der Waals surface area contributed by atoms with Crippen molar-refractivity contribution in [3.63, 3.8) is 0 Å². The molecule has 0 atom stereocenters. The quantitative estimate of drug-likeness (QED) is 0.672. The molecule has 166 valence electrons. The van der Waals surface area contributed by atoms with Crippen LogP contribution in [0.1, 0.15) is 63.9 Å². The molecule has 4 rings (SSSR count).